The summed E-state index contributed by atoms with van der Waals surface area (Å²) < 4.78 is 13.6. The highest BCUT2D eigenvalue weighted by molar-refractivity contribution is 5.54. The third-order valence-electron chi connectivity index (χ3n) is 3.85. The largest absolute Gasteiger partial charge is 0.374 e. The molecule has 0 aromatic heterocycles. The van der Waals surface area contributed by atoms with E-state index in [1.807, 2.05) is 6.07 Å². The number of nitrogens with one attached hydrogen (secondary N) is 1. The maximum Gasteiger partial charge on any atom is 0.123 e. The van der Waals surface area contributed by atoms with E-state index in [4.69, 9.17) is 0 Å². The lowest BCUT2D eigenvalue weighted by molar-refractivity contribution is 0.545. The first-order valence-corrected chi connectivity index (χ1v) is 7.73. The Hall–Kier alpha value is -1.09. The molecule has 0 fully saturated rings. The van der Waals surface area contributed by atoms with E-state index in [0.29, 0.717) is 5.92 Å². The fourth-order valence-electron chi connectivity index (χ4n) is 2.39. The topological polar surface area (TPSA) is 15.3 Å². The molecule has 0 spiro atoms. The fourth-order valence-corrected chi connectivity index (χ4v) is 2.39. The molecular weight excluding hydrogens is 251 g/mol. The van der Waals surface area contributed by atoms with Gasteiger partial charge in [0, 0.05) is 25.3 Å². The zero-order valence-corrected chi connectivity index (χ0v) is 13.5. The van der Waals surface area contributed by atoms with Gasteiger partial charge in [-0.1, -0.05) is 27.2 Å². The number of hydrogen-bond acceptors (Lipinski definition) is 2. The Kier molecular flexibility index (Phi) is 7.00. The first-order chi connectivity index (χ1) is 9.49. The van der Waals surface area contributed by atoms with Crippen molar-refractivity contribution < 1.29 is 4.39 Å². The lowest BCUT2D eigenvalue weighted by Crippen LogP contribution is -2.27. The minimum atomic E-state index is -0.161. The van der Waals surface area contributed by atoms with Crippen molar-refractivity contribution in [1.29, 1.82) is 0 Å². The minimum absolute atomic E-state index is 0.161. The molecular formula is C17H29FN2. The van der Waals surface area contributed by atoms with E-state index in [-0.39, 0.29) is 11.9 Å². The summed E-state index contributed by atoms with van der Waals surface area (Å²) in [5.74, 6) is 0.475. The normalized spacial score (nSPS) is 14.1. The van der Waals surface area contributed by atoms with Crippen LogP contribution < -0.4 is 10.2 Å². The van der Waals surface area contributed by atoms with E-state index in [1.54, 1.807) is 12.1 Å². The maximum atomic E-state index is 13.6. The zero-order chi connectivity index (χ0) is 15.1. The number of rotatable bonds is 8. The zero-order valence-electron chi connectivity index (χ0n) is 13.5. The fraction of sp³-hybridized carbons (Fsp3) is 0.647. The molecule has 1 aromatic rings. The smallest absolute Gasteiger partial charge is 0.123 e. The highest BCUT2D eigenvalue weighted by Crippen LogP contribution is 2.27. The Morgan fingerprint density at radius 1 is 1.25 bits per heavy atom. The van der Waals surface area contributed by atoms with Crippen LogP contribution in [0.15, 0.2) is 18.2 Å². The summed E-state index contributed by atoms with van der Waals surface area (Å²) in [4.78, 5) is 2.24. The van der Waals surface area contributed by atoms with Crippen LogP contribution in [0.2, 0.25) is 0 Å². The average molecular weight is 280 g/mol. The van der Waals surface area contributed by atoms with E-state index in [2.05, 4.69) is 45.0 Å². The summed E-state index contributed by atoms with van der Waals surface area (Å²) in [6.45, 7) is 10.6. The monoisotopic (exact) mass is 280 g/mol. The Balaban J connectivity index is 2.94. The van der Waals surface area contributed by atoms with Crippen molar-refractivity contribution in [2.75, 3.05) is 25.0 Å². The van der Waals surface area contributed by atoms with Crippen LogP contribution >= 0.6 is 0 Å². The van der Waals surface area contributed by atoms with Crippen molar-refractivity contribution in [2.24, 2.45) is 5.92 Å². The van der Waals surface area contributed by atoms with Gasteiger partial charge in [-0.15, -0.1) is 0 Å². The van der Waals surface area contributed by atoms with Crippen molar-refractivity contribution >= 4 is 5.69 Å². The van der Waals surface area contributed by atoms with E-state index in [1.165, 1.54) is 0 Å². The molecule has 2 nitrogen and oxygen atoms in total. The summed E-state index contributed by atoms with van der Waals surface area (Å²) >= 11 is 0. The van der Waals surface area contributed by atoms with Gasteiger partial charge >= 0.3 is 0 Å². The third kappa shape index (κ3) is 4.78. The van der Waals surface area contributed by atoms with Gasteiger partial charge < -0.3 is 10.2 Å². The molecule has 0 radical (unpaired) electrons. The van der Waals surface area contributed by atoms with E-state index >= 15 is 0 Å². The highest BCUT2D eigenvalue weighted by atomic mass is 19.1. The Labute approximate surface area is 123 Å². The molecule has 2 unspecified atom stereocenters. The average Bonchev–Trinajstić information content (AvgIpc) is 2.44. The van der Waals surface area contributed by atoms with Crippen molar-refractivity contribution in [3.8, 4) is 0 Å². The van der Waals surface area contributed by atoms with Gasteiger partial charge in [-0.25, -0.2) is 4.39 Å². The van der Waals surface area contributed by atoms with Gasteiger partial charge in [0.25, 0.3) is 0 Å². The molecule has 0 bridgehead atoms. The molecule has 3 heteroatoms. The number of nitrogens with zero attached hydrogens (tertiary/aromatic N) is 1. The summed E-state index contributed by atoms with van der Waals surface area (Å²) in [5, 5.41) is 3.45. The molecule has 0 saturated heterocycles. The SMILES string of the molecule is CCCNC(C)c1cc(F)ccc1N(C)CC(C)CC. The second kappa shape index (κ2) is 8.25. The van der Waals surface area contributed by atoms with Crippen LogP contribution in [0, 0.1) is 11.7 Å². The molecule has 2 atom stereocenters. The van der Waals surface area contributed by atoms with Crippen LogP contribution in [0.1, 0.15) is 52.1 Å². The summed E-state index contributed by atoms with van der Waals surface area (Å²) in [5.41, 5.74) is 2.17. The lowest BCUT2D eigenvalue weighted by atomic mass is 10.0. The number of hydrogen-bond donors (Lipinski definition) is 1. The van der Waals surface area contributed by atoms with Crippen molar-refractivity contribution in [2.45, 2.75) is 46.6 Å². The van der Waals surface area contributed by atoms with Crippen molar-refractivity contribution in [3.63, 3.8) is 0 Å². The third-order valence-corrected chi connectivity index (χ3v) is 3.85. The van der Waals surface area contributed by atoms with Crippen LogP contribution in [0.25, 0.3) is 0 Å². The quantitative estimate of drug-likeness (QED) is 0.760. The number of halogens is 1. The van der Waals surface area contributed by atoms with E-state index < -0.39 is 0 Å². The van der Waals surface area contributed by atoms with Gasteiger partial charge in [0.15, 0.2) is 0 Å². The molecule has 0 amide bonds. The number of anilines is 1. The van der Waals surface area contributed by atoms with Crippen LogP contribution in [0.5, 0.6) is 0 Å². The molecule has 0 saturated carbocycles. The molecule has 0 aliphatic rings. The number of benzene rings is 1. The summed E-state index contributed by atoms with van der Waals surface area (Å²) in [6.07, 6.45) is 2.24. The molecule has 114 valence electrons. The molecule has 20 heavy (non-hydrogen) atoms. The minimum Gasteiger partial charge on any atom is -0.374 e. The molecule has 0 aliphatic heterocycles. The predicted octanol–water partition coefficient (Wildman–Crippen LogP) is 4.37. The standard InChI is InChI=1S/C17H29FN2/c1-6-10-19-14(4)16-11-15(18)8-9-17(16)20(5)12-13(3)7-2/h8-9,11,13-14,19H,6-7,10,12H2,1-5H3. The predicted molar refractivity (Wildman–Crippen MR) is 85.8 cm³/mol. The molecule has 1 aromatic carbocycles. The van der Waals surface area contributed by atoms with Crippen molar-refractivity contribution in [1.82, 2.24) is 5.32 Å². The Bertz CT molecular complexity index is 406. The molecule has 0 heterocycles. The maximum absolute atomic E-state index is 13.6. The molecule has 0 aliphatic carbocycles. The molecule has 1 N–H and O–H groups in total. The second-order valence-corrected chi connectivity index (χ2v) is 5.77. The summed E-state index contributed by atoms with van der Waals surface area (Å²) in [7, 11) is 2.09. The van der Waals surface area contributed by atoms with Gasteiger partial charge in [-0.2, -0.15) is 0 Å². The van der Waals surface area contributed by atoms with Gasteiger partial charge in [0.05, 0.1) is 0 Å². The van der Waals surface area contributed by atoms with Gasteiger partial charge in [0.1, 0.15) is 5.82 Å². The van der Waals surface area contributed by atoms with Crippen LogP contribution in [-0.4, -0.2) is 20.1 Å². The van der Waals surface area contributed by atoms with Gasteiger partial charge in [-0.3, -0.25) is 0 Å². The van der Waals surface area contributed by atoms with E-state index in [0.717, 1.165) is 37.2 Å². The van der Waals surface area contributed by atoms with Crippen LogP contribution in [0.4, 0.5) is 10.1 Å². The van der Waals surface area contributed by atoms with Gasteiger partial charge in [-0.05, 0) is 49.6 Å². The van der Waals surface area contributed by atoms with Crippen LogP contribution in [0.3, 0.4) is 0 Å². The lowest BCUT2D eigenvalue weighted by Gasteiger charge is -2.27. The molecule has 1 rings (SSSR count). The van der Waals surface area contributed by atoms with Crippen molar-refractivity contribution in [3.05, 3.63) is 29.6 Å². The first-order valence-electron chi connectivity index (χ1n) is 7.73. The Morgan fingerprint density at radius 2 is 1.95 bits per heavy atom. The first kappa shape index (κ1) is 17.0. The Morgan fingerprint density at radius 3 is 2.55 bits per heavy atom. The van der Waals surface area contributed by atoms with E-state index in [9.17, 15) is 4.39 Å². The van der Waals surface area contributed by atoms with Gasteiger partial charge in [0.2, 0.25) is 0 Å². The summed E-state index contributed by atoms with van der Waals surface area (Å²) in [6, 6.07) is 5.28. The van der Waals surface area contributed by atoms with Crippen LogP contribution in [-0.2, 0) is 0 Å². The highest BCUT2D eigenvalue weighted by Gasteiger charge is 2.15. The second-order valence-electron chi connectivity index (χ2n) is 5.77.